The molecule has 0 aromatic carbocycles. The Kier molecular flexibility index (Phi) is 11.1. The van der Waals surface area contributed by atoms with Crippen molar-refractivity contribution in [2.45, 2.75) is 46.5 Å². The average Bonchev–Trinajstić information content (AvgIpc) is 2.30. The SMILES string of the molecule is CCNCC(CCCOCCCC(C)C)C(=O)O. The molecule has 4 nitrogen and oxygen atoms in total. The summed E-state index contributed by atoms with van der Waals surface area (Å²) in [5, 5.41) is 12.1. The molecule has 0 aromatic rings. The summed E-state index contributed by atoms with van der Waals surface area (Å²) in [4.78, 5) is 11.0. The third-order valence-corrected chi connectivity index (χ3v) is 2.90. The fraction of sp³-hybridized carbons (Fsp3) is 0.929. The maximum Gasteiger partial charge on any atom is 0.307 e. The highest BCUT2D eigenvalue weighted by Crippen LogP contribution is 2.07. The molecule has 4 heteroatoms. The van der Waals surface area contributed by atoms with E-state index < -0.39 is 5.97 Å². The van der Waals surface area contributed by atoms with Gasteiger partial charge >= 0.3 is 5.97 Å². The van der Waals surface area contributed by atoms with Crippen molar-refractivity contribution in [3.8, 4) is 0 Å². The molecule has 0 heterocycles. The van der Waals surface area contributed by atoms with E-state index in [2.05, 4.69) is 19.2 Å². The molecule has 2 N–H and O–H groups in total. The highest BCUT2D eigenvalue weighted by molar-refractivity contribution is 5.70. The molecule has 0 saturated heterocycles. The number of ether oxygens (including phenoxy) is 1. The van der Waals surface area contributed by atoms with E-state index in [0.29, 0.717) is 19.6 Å². The summed E-state index contributed by atoms with van der Waals surface area (Å²) in [6.45, 7) is 9.24. The number of hydrogen-bond acceptors (Lipinski definition) is 3. The van der Waals surface area contributed by atoms with Gasteiger partial charge in [0.2, 0.25) is 0 Å². The summed E-state index contributed by atoms with van der Waals surface area (Å²) in [6.07, 6.45) is 3.80. The lowest BCUT2D eigenvalue weighted by molar-refractivity contribution is -0.141. The summed E-state index contributed by atoms with van der Waals surface area (Å²) in [5.41, 5.74) is 0. The molecule has 0 fully saturated rings. The zero-order valence-corrected chi connectivity index (χ0v) is 12.1. The van der Waals surface area contributed by atoms with Crippen LogP contribution in [0, 0.1) is 11.8 Å². The second-order valence-corrected chi connectivity index (χ2v) is 5.13. The van der Waals surface area contributed by atoms with Crippen molar-refractivity contribution in [2.24, 2.45) is 11.8 Å². The Labute approximate surface area is 111 Å². The van der Waals surface area contributed by atoms with Gasteiger partial charge in [0, 0.05) is 19.8 Å². The lowest BCUT2D eigenvalue weighted by atomic mass is 10.0. The number of carbonyl (C=O) groups is 1. The summed E-state index contributed by atoms with van der Waals surface area (Å²) in [5.74, 6) is -0.273. The molecule has 0 saturated carbocycles. The highest BCUT2D eigenvalue weighted by atomic mass is 16.5. The number of nitrogens with one attached hydrogen (secondary N) is 1. The Morgan fingerprint density at radius 2 is 1.83 bits per heavy atom. The van der Waals surface area contributed by atoms with Crippen LogP contribution in [-0.2, 0) is 9.53 Å². The fourth-order valence-electron chi connectivity index (χ4n) is 1.76. The first-order valence-corrected chi connectivity index (χ1v) is 7.09. The van der Waals surface area contributed by atoms with Gasteiger partial charge in [-0.2, -0.15) is 0 Å². The number of carboxylic acids is 1. The second kappa shape index (κ2) is 11.5. The molecule has 0 aliphatic carbocycles. The van der Waals surface area contributed by atoms with Gasteiger partial charge in [0.1, 0.15) is 0 Å². The van der Waals surface area contributed by atoms with Gasteiger partial charge in [-0.15, -0.1) is 0 Å². The van der Waals surface area contributed by atoms with Crippen LogP contribution in [0.15, 0.2) is 0 Å². The summed E-state index contributed by atoms with van der Waals surface area (Å²) >= 11 is 0. The molecule has 0 amide bonds. The van der Waals surface area contributed by atoms with Crippen LogP contribution in [0.25, 0.3) is 0 Å². The van der Waals surface area contributed by atoms with Gasteiger partial charge in [-0.05, 0) is 38.1 Å². The van der Waals surface area contributed by atoms with Gasteiger partial charge in [-0.1, -0.05) is 20.8 Å². The zero-order valence-electron chi connectivity index (χ0n) is 12.1. The summed E-state index contributed by atoms with van der Waals surface area (Å²) < 4.78 is 5.51. The van der Waals surface area contributed by atoms with E-state index in [1.807, 2.05) is 6.92 Å². The van der Waals surface area contributed by atoms with Gasteiger partial charge in [-0.25, -0.2) is 0 Å². The van der Waals surface area contributed by atoms with Crippen LogP contribution >= 0.6 is 0 Å². The molecule has 0 aliphatic rings. The van der Waals surface area contributed by atoms with Crippen molar-refractivity contribution in [3.05, 3.63) is 0 Å². The third kappa shape index (κ3) is 10.5. The van der Waals surface area contributed by atoms with E-state index in [1.165, 1.54) is 6.42 Å². The zero-order chi connectivity index (χ0) is 13.8. The van der Waals surface area contributed by atoms with Gasteiger partial charge < -0.3 is 15.2 Å². The van der Waals surface area contributed by atoms with Gasteiger partial charge in [-0.3, -0.25) is 4.79 Å². The monoisotopic (exact) mass is 259 g/mol. The van der Waals surface area contributed by atoms with E-state index in [-0.39, 0.29) is 5.92 Å². The van der Waals surface area contributed by atoms with Crippen LogP contribution in [0.5, 0.6) is 0 Å². The largest absolute Gasteiger partial charge is 0.481 e. The van der Waals surface area contributed by atoms with E-state index in [4.69, 9.17) is 9.84 Å². The molecular weight excluding hydrogens is 230 g/mol. The molecule has 0 aliphatic heterocycles. The smallest absolute Gasteiger partial charge is 0.307 e. The van der Waals surface area contributed by atoms with Crippen LogP contribution in [0.3, 0.4) is 0 Å². The minimum absolute atomic E-state index is 0.288. The summed E-state index contributed by atoms with van der Waals surface area (Å²) in [6, 6.07) is 0. The first-order chi connectivity index (χ1) is 8.57. The number of hydrogen-bond donors (Lipinski definition) is 2. The molecule has 1 atom stereocenters. The molecule has 108 valence electrons. The maximum atomic E-state index is 11.0. The minimum Gasteiger partial charge on any atom is -0.481 e. The summed E-state index contributed by atoms with van der Waals surface area (Å²) in [7, 11) is 0. The molecule has 18 heavy (non-hydrogen) atoms. The van der Waals surface area contributed by atoms with Crippen molar-refractivity contribution >= 4 is 5.97 Å². The molecule has 0 rings (SSSR count). The average molecular weight is 259 g/mol. The maximum absolute atomic E-state index is 11.0. The van der Waals surface area contributed by atoms with Crippen molar-refractivity contribution in [3.63, 3.8) is 0 Å². The van der Waals surface area contributed by atoms with Gasteiger partial charge in [0.05, 0.1) is 5.92 Å². The Bertz CT molecular complexity index is 207. The molecule has 0 spiro atoms. The number of aliphatic carboxylic acids is 1. The van der Waals surface area contributed by atoms with Crippen LogP contribution < -0.4 is 5.32 Å². The van der Waals surface area contributed by atoms with E-state index in [1.54, 1.807) is 0 Å². The predicted molar refractivity (Wildman–Crippen MR) is 73.8 cm³/mol. The van der Waals surface area contributed by atoms with Crippen LogP contribution in [-0.4, -0.2) is 37.4 Å². The molecule has 0 bridgehead atoms. The molecular formula is C14H29NO3. The van der Waals surface area contributed by atoms with Crippen molar-refractivity contribution in [2.75, 3.05) is 26.3 Å². The Morgan fingerprint density at radius 3 is 2.33 bits per heavy atom. The van der Waals surface area contributed by atoms with E-state index >= 15 is 0 Å². The molecule has 0 aromatic heterocycles. The highest BCUT2D eigenvalue weighted by Gasteiger charge is 2.15. The molecule has 0 radical (unpaired) electrons. The predicted octanol–water partition coefficient (Wildman–Crippen LogP) is 2.53. The lowest BCUT2D eigenvalue weighted by Gasteiger charge is -2.12. The fourth-order valence-corrected chi connectivity index (χ4v) is 1.76. The van der Waals surface area contributed by atoms with Crippen molar-refractivity contribution in [1.82, 2.24) is 5.32 Å². The Morgan fingerprint density at radius 1 is 1.22 bits per heavy atom. The first-order valence-electron chi connectivity index (χ1n) is 7.09. The number of rotatable bonds is 12. The first kappa shape index (κ1) is 17.4. The second-order valence-electron chi connectivity index (χ2n) is 5.13. The lowest BCUT2D eigenvalue weighted by Crippen LogP contribution is -2.28. The van der Waals surface area contributed by atoms with Gasteiger partial charge in [0.15, 0.2) is 0 Å². The Balaban J connectivity index is 3.46. The minimum atomic E-state index is -0.712. The Hall–Kier alpha value is -0.610. The van der Waals surface area contributed by atoms with Crippen molar-refractivity contribution in [1.29, 1.82) is 0 Å². The number of carboxylic acid groups (broad SMARTS) is 1. The van der Waals surface area contributed by atoms with E-state index in [9.17, 15) is 4.79 Å². The van der Waals surface area contributed by atoms with Crippen LogP contribution in [0.2, 0.25) is 0 Å². The van der Waals surface area contributed by atoms with Crippen LogP contribution in [0.4, 0.5) is 0 Å². The third-order valence-electron chi connectivity index (χ3n) is 2.90. The molecule has 1 unspecified atom stereocenters. The topological polar surface area (TPSA) is 58.6 Å². The van der Waals surface area contributed by atoms with E-state index in [0.717, 1.165) is 31.9 Å². The normalized spacial score (nSPS) is 12.9. The standard InChI is InChI=1S/C14H29NO3/c1-4-15-11-13(14(16)17)8-6-10-18-9-5-7-12(2)3/h12-13,15H,4-11H2,1-3H3,(H,16,17). The van der Waals surface area contributed by atoms with Crippen LogP contribution in [0.1, 0.15) is 46.5 Å². The van der Waals surface area contributed by atoms with Crippen molar-refractivity contribution < 1.29 is 14.6 Å². The quantitative estimate of drug-likeness (QED) is 0.529. The van der Waals surface area contributed by atoms with Gasteiger partial charge in [0.25, 0.3) is 0 Å².